The zero-order valence-corrected chi connectivity index (χ0v) is 16.9. The van der Waals surface area contributed by atoms with E-state index in [9.17, 15) is 8.42 Å². The fourth-order valence-corrected chi connectivity index (χ4v) is 4.36. The van der Waals surface area contributed by atoms with Gasteiger partial charge in [-0.15, -0.1) is 0 Å². The van der Waals surface area contributed by atoms with E-state index in [-0.39, 0.29) is 11.4 Å². The molecule has 0 saturated carbocycles. The van der Waals surface area contributed by atoms with Crippen molar-refractivity contribution in [1.82, 2.24) is 0 Å². The molecule has 5 nitrogen and oxygen atoms in total. The van der Waals surface area contributed by atoms with Gasteiger partial charge in [0.25, 0.3) is 10.0 Å². The van der Waals surface area contributed by atoms with E-state index in [1.807, 2.05) is 37.3 Å². The number of anilines is 1. The Morgan fingerprint density at radius 2 is 1.46 bits per heavy atom. The monoisotopic (exact) mass is 397 g/mol. The summed E-state index contributed by atoms with van der Waals surface area (Å²) in [5.74, 6) is 1.15. The van der Waals surface area contributed by atoms with E-state index < -0.39 is 10.0 Å². The van der Waals surface area contributed by atoms with Crippen LogP contribution in [0.2, 0.25) is 0 Å². The first-order valence-electron chi connectivity index (χ1n) is 8.81. The summed E-state index contributed by atoms with van der Waals surface area (Å²) < 4.78 is 38.8. The summed E-state index contributed by atoms with van der Waals surface area (Å²) in [6.07, 6.45) is 0. The lowest BCUT2D eigenvalue weighted by Crippen LogP contribution is -2.30. The molecule has 0 aliphatic carbocycles. The third-order valence-electron chi connectivity index (χ3n) is 4.43. The molecule has 0 unspecified atom stereocenters. The fraction of sp³-hybridized carbons (Fsp3) is 0.182. The molecule has 0 radical (unpaired) electrons. The van der Waals surface area contributed by atoms with E-state index >= 15 is 0 Å². The Morgan fingerprint density at radius 3 is 2.07 bits per heavy atom. The number of hydrogen-bond donors (Lipinski definition) is 0. The van der Waals surface area contributed by atoms with Gasteiger partial charge in [0.15, 0.2) is 11.5 Å². The first kappa shape index (κ1) is 19.8. The quantitative estimate of drug-likeness (QED) is 0.593. The van der Waals surface area contributed by atoms with E-state index in [2.05, 4.69) is 0 Å². The Hall–Kier alpha value is -2.99. The lowest BCUT2D eigenvalue weighted by molar-refractivity contribution is 0.354. The summed E-state index contributed by atoms with van der Waals surface area (Å²) in [6.45, 7) is 2.13. The number of benzene rings is 3. The van der Waals surface area contributed by atoms with Crippen LogP contribution in [0.15, 0.2) is 77.7 Å². The fourth-order valence-electron chi connectivity index (χ4n) is 2.89. The predicted molar refractivity (Wildman–Crippen MR) is 111 cm³/mol. The molecule has 0 spiro atoms. The zero-order valence-electron chi connectivity index (χ0n) is 16.1. The minimum absolute atomic E-state index is 0.167. The Balaban J connectivity index is 2.06. The molecule has 0 fully saturated rings. The van der Waals surface area contributed by atoms with Gasteiger partial charge in [-0.1, -0.05) is 42.0 Å². The third-order valence-corrected chi connectivity index (χ3v) is 6.22. The van der Waals surface area contributed by atoms with Crippen molar-refractivity contribution in [3.05, 3.63) is 83.9 Å². The molecule has 28 heavy (non-hydrogen) atoms. The van der Waals surface area contributed by atoms with Crippen LogP contribution in [0, 0.1) is 6.92 Å². The normalized spacial score (nSPS) is 11.1. The molecule has 0 aliphatic heterocycles. The standard InChI is InChI=1S/C22H23NO4S/c1-17-9-12-19(13-10-17)23(28(24,25)20-7-5-4-6-8-20)16-18-11-14-21(26-2)22(15-18)27-3/h4-15H,16H2,1-3H3. The van der Waals surface area contributed by atoms with E-state index in [0.717, 1.165) is 11.1 Å². The Bertz CT molecular complexity index is 1030. The Kier molecular flexibility index (Phi) is 5.90. The third kappa shape index (κ3) is 4.12. The molecule has 0 aromatic heterocycles. The second kappa shape index (κ2) is 8.35. The van der Waals surface area contributed by atoms with E-state index in [1.54, 1.807) is 56.7 Å². The van der Waals surface area contributed by atoms with Crippen molar-refractivity contribution in [2.75, 3.05) is 18.5 Å². The van der Waals surface area contributed by atoms with Crippen LogP contribution in [0.3, 0.4) is 0 Å². The van der Waals surface area contributed by atoms with Gasteiger partial charge in [-0.25, -0.2) is 8.42 Å². The molecule has 3 aromatic rings. The molecule has 0 heterocycles. The molecule has 3 aromatic carbocycles. The lowest BCUT2D eigenvalue weighted by Gasteiger charge is -2.25. The van der Waals surface area contributed by atoms with Gasteiger partial charge >= 0.3 is 0 Å². The van der Waals surface area contributed by atoms with Gasteiger partial charge in [0.2, 0.25) is 0 Å². The molecular weight excluding hydrogens is 374 g/mol. The second-order valence-corrected chi connectivity index (χ2v) is 8.21. The van der Waals surface area contributed by atoms with Crippen molar-refractivity contribution in [2.24, 2.45) is 0 Å². The Labute approximate surface area is 166 Å². The van der Waals surface area contributed by atoms with Gasteiger partial charge in [-0.2, -0.15) is 0 Å². The minimum Gasteiger partial charge on any atom is -0.493 e. The summed E-state index contributed by atoms with van der Waals surface area (Å²) >= 11 is 0. The van der Waals surface area contributed by atoms with Gasteiger partial charge in [-0.3, -0.25) is 4.31 Å². The van der Waals surface area contributed by atoms with Crippen LogP contribution >= 0.6 is 0 Å². The van der Waals surface area contributed by atoms with Crippen LogP contribution in [0.25, 0.3) is 0 Å². The highest BCUT2D eigenvalue weighted by Crippen LogP contribution is 2.31. The number of hydrogen-bond acceptors (Lipinski definition) is 4. The van der Waals surface area contributed by atoms with Gasteiger partial charge in [-0.05, 0) is 48.9 Å². The van der Waals surface area contributed by atoms with Crippen molar-refractivity contribution in [2.45, 2.75) is 18.4 Å². The first-order chi connectivity index (χ1) is 13.5. The van der Waals surface area contributed by atoms with Crippen molar-refractivity contribution in [1.29, 1.82) is 0 Å². The molecule has 146 valence electrons. The van der Waals surface area contributed by atoms with Crippen molar-refractivity contribution >= 4 is 15.7 Å². The minimum atomic E-state index is -3.74. The number of methoxy groups -OCH3 is 2. The summed E-state index contributed by atoms with van der Waals surface area (Å²) in [5, 5.41) is 0. The van der Waals surface area contributed by atoms with E-state index in [0.29, 0.717) is 17.2 Å². The number of nitrogens with zero attached hydrogens (tertiary/aromatic N) is 1. The van der Waals surface area contributed by atoms with Crippen LogP contribution in [-0.4, -0.2) is 22.6 Å². The molecule has 0 amide bonds. The molecule has 0 aliphatic rings. The van der Waals surface area contributed by atoms with Gasteiger partial charge < -0.3 is 9.47 Å². The SMILES string of the molecule is COc1ccc(CN(c2ccc(C)cc2)S(=O)(=O)c2ccccc2)cc1OC. The molecule has 0 N–H and O–H groups in total. The number of rotatable bonds is 7. The van der Waals surface area contributed by atoms with Gasteiger partial charge in [0.05, 0.1) is 31.3 Å². The topological polar surface area (TPSA) is 55.8 Å². The van der Waals surface area contributed by atoms with Crippen molar-refractivity contribution in [3.63, 3.8) is 0 Å². The molecule has 0 atom stereocenters. The average molecular weight is 397 g/mol. The maximum absolute atomic E-state index is 13.4. The smallest absolute Gasteiger partial charge is 0.264 e. The van der Waals surface area contributed by atoms with Gasteiger partial charge in [0, 0.05) is 0 Å². The zero-order chi connectivity index (χ0) is 20.1. The summed E-state index contributed by atoms with van der Waals surface area (Å²) in [6, 6.07) is 21.3. The molecule has 6 heteroatoms. The number of sulfonamides is 1. The van der Waals surface area contributed by atoms with Crippen LogP contribution in [0.5, 0.6) is 11.5 Å². The molecular formula is C22H23NO4S. The van der Waals surface area contributed by atoms with Crippen molar-refractivity contribution in [3.8, 4) is 11.5 Å². The maximum Gasteiger partial charge on any atom is 0.264 e. The summed E-state index contributed by atoms with van der Waals surface area (Å²) in [7, 11) is -0.618. The Morgan fingerprint density at radius 1 is 0.821 bits per heavy atom. The first-order valence-corrected chi connectivity index (χ1v) is 10.2. The largest absolute Gasteiger partial charge is 0.493 e. The predicted octanol–water partition coefficient (Wildman–Crippen LogP) is 4.41. The molecule has 3 rings (SSSR count). The average Bonchev–Trinajstić information content (AvgIpc) is 2.73. The van der Waals surface area contributed by atoms with Crippen LogP contribution in [-0.2, 0) is 16.6 Å². The summed E-state index contributed by atoms with van der Waals surface area (Å²) in [5.41, 5.74) is 2.45. The molecule has 0 bridgehead atoms. The summed E-state index contributed by atoms with van der Waals surface area (Å²) in [4.78, 5) is 0.246. The van der Waals surface area contributed by atoms with E-state index in [1.165, 1.54) is 4.31 Å². The second-order valence-electron chi connectivity index (χ2n) is 6.35. The highest BCUT2D eigenvalue weighted by molar-refractivity contribution is 7.92. The highest BCUT2D eigenvalue weighted by atomic mass is 32.2. The van der Waals surface area contributed by atoms with Crippen LogP contribution < -0.4 is 13.8 Å². The molecule has 0 saturated heterocycles. The van der Waals surface area contributed by atoms with Crippen molar-refractivity contribution < 1.29 is 17.9 Å². The van der Waals surface area contributed by atoms with Crippen LogP contribution in [0.1, 0.15) is 11.1 Å². The maximum atomic E-state index is 13.4. The lowest BCUT2D eigenvalue weighted by atomic mass is 10.2. The van der Waals surface area contributed by atoms with Crippen LogP contribution in [0.4, 0.5) is 5.69 Å². The number of aryl methyl sites for hydroxylation is 1. The van der Waals surface area contributed by atoms with Gasteiger partial charge in [0.1, 0.15) is 0 Å². The highest BCUT2D eigenvalue weighted by Gasteiger charge is 2.25. The van der Waals surface area contributed by atoms with E-state index in [4.69, 9.17) is 9.47 Å². The number of ether oxygens (including phenoxy) is 2.